The number of carbonyl (C=O) groups is 1. The molecule has 0 unspecified atom stereocenters. The molecule has 1 rings (SSSR count). The molecule has 0 aliphatic heterocycles. The van der Waals surface area contributed by atoms with Crippen LogP contribution in [-0.2, 0) is 0 Å². The molecule has 0 saturated heterocycles. The number of nitro groups is 1. The Bertz CT molecular complexity index is 503. The van der Waals surface area contributed by atoms with E-state index in [1.54, 1.807) is 5.32 Å². The van der Waals surface area contributed by atoms with Crippen LogP contribution in [0, 0.1) is 10.1 Å². The number of alkyl halides is 3. The molecule has 2 N–H and O–H groups in total. The van der Waals surface area contributed by atoms with Crippen LogP contribution in [0.25, 0.3) is 0 Å². The highest BCUT2D eigenvalue weighted by molar-refractivity contribution is 5.86. The average molecular weight is 280 g/mol. The fraction of sp³-hybridized carbons (Fsp3) is 0.222. The van der Waals surface area contributed by atoms with E-state index in [1.165, 1.54) is 0 Å². The smallest absolute Gasteiger partial charge is 0.422 e. The van der Waals surface area contributed by atoms with Gasteiger partial charge in [-0.25, -0.2) is 4.79 Å². The van der Waals surface area contributed by atoms with Crippen LogP contribution in [0.1, 0.15) is 0 Å². The van der Waals surface area contributed by atoms with Crippen molar-refractivity contribution in [2.24, 2.45) is 0 Å². The molecular weight excluding hydrogens is 273 g/mol. The second kappa shape index (κ2) is 5.42. The van der Waals surface area contributed by atoms with Crippen LogP contribution in [0.3, 0.4) is 0 Å². The maximum absolute atomic E-state index is 11.9. The fourth-order valence-corrected chi connectivity index (χ4v) is 1.14. The molecule has 104 valence electrons. The normalized spacial score (nSPS) is 10.9. The zero-order valence-corrected chi connectivity index (χ0v) is 9.10. The summed E-state index contributed by atoms with van der Waals surface area (Å²) in [5, 5.41) is 20.8. The first-order valence-corrected chi connectivity index (χ1v) is 4.67. The third-order valence-electron chi connectivity index (χ3n) is 1.81. The molecule has 1 amide bonds. The van der Waals surface area contributed by atoms with E-state index >= 15 is 0 Å². The number of amides is 1. The molecule has 0 radical (unpaired) electrons. The summed E-state index contributed by atoms with van der Waals surface area (Å²) in [6, 6.07) is 2.64. The summed E-state index contributed by atoms with van der Waals surface area (Å²) in [5.74, 6) is -0.389. The Balaban J connectivity index is 2.96. The van der Waals surface area contributed by atoms with Crippen molar-refractivity contribution in [3.05, 3.63) is 28.3 Å². The molecule has 19 heavy (non-hydrogen) atoms. The minimum atomic E-state index is -4.58. The molecule has 7 nitrogen and oxygen atoms in total. The molecule has 0 aromatic heterocycles. The molecule has 0 aliphatic carbocycles. The summed E-state index contributed by atoms with van der Waals surface area (Å²) in [5.41, 5.74) is -1.07. The molecule has 10 heteroatoms. The summed E-state index contributed by atoms with van der Waals surface area (Å²) in [6.45, 7) is -1.60. The summed E-state index contributed by atoms with van der Waals surface area (Å²) in [4.78, 5) is 20.1. The van der Waals surface area contributed by atoms with Crippen LogP contribution in [0.2, 0.25) is 0 Å². The van der Waals surface area contributed by atoms with Crippen molar-refractivity contribution in [3.63, 3.8) is 0 Å². The fourth-order valence-electron chi connectivity index (χ4n) is 1.14. The van der Waals surface area contributed by atoms with Crippen LogP contribution >= 0.6 is 0 Å². The Labute approximate surface area is 103 Å². The molecular formula is C9H7F3N2O5. The van der Waals surface area contributed by atoms with Crippen molar-refractivity contribution in [3.8, 4) is 5.75 Å². The van der Waals surface area contributed by atoms with Crippen molar-refractivity contribution in [1.82, 2.24) is 0 Å². The van der Waals surface area contributed by atoms with Gasteiger partial charge >= 0.3 is 12.3 Å². The van der Waals surface area contributed by atoms with Gasteiger partial charge in [-0.1, -0.05) is 0 Å². The largest absolute Gasteiger partial charge is 0.484 e. The Morgan fingerprint density at radius 1 is 1.47 bits per heavy atom. The second-order valence-electron chi connectivity index (χ2n) is 3.27. The Kier molecular flexibility index (Phi) is 4.14. The van der Waals surface area contributed by atoms with Crippen LogP contribution in [0.4, 0.5) is 29.3 Å². The Hall–Kier alpha value is -2.52. The van der Waals surface area contributed by atoms with E-state index in [4.69, 9.17) is 5.11 Å². The quantitative estimate of drug-likeness (QED) is 0.652. The lowest BCUT2D eigenvalue weighted by molar-refractivity contribution is -0.384. The van der Waals surface area contributed by atoms with Crippen molar-refractivity contribution < 1.29 is 32.7 Å². The number of carboxylic acid groups (broad SMARTS) is 1. The van der Waals surface area contributed by atoms with Crippen LogP contribution < -0.4 is 10.1 Å². The van der Waals surface area contributed by atoms with Gasteiger partial charge in [0.2, 0.25) is 0 Å². The van der Waals surface area contributed by atoms with Gasteiger partial charge in [-0.15, -0.1) is 0 Å². The Morgan fingerprint density at radius 3 is 2.58 bits per heavy atom. The number of halogens is 3. The van der Waals surface area contributed by atoms with E-state index < -0.39 is 29.5 Å². The number of nitro benzene ring substituents is 1. The maximum atomic E-state index is 11.9. The average Bonchev–Trinajstić information content (AvgIpc) is 2.25. The highest BCUT2D eigenvalue weighted by atomic mass is 19.4. The lowest BCUT2D eigenvalue weighted by Crippen LogP contribution is -2.19. The van der Waals surface area contributed by atoms with E-state index in [9.17, 15) is 28.1 Å². The predicted molar refractivity (Wildman–Crippen MR) is 56.3 cm³/mol. The summed E-state index contributed by atoms with van der Waals surface area (Å²) >= 11 is 0. The van der Waals surface area contributed by atoms with E-state index in [-0.39, 0.29) is 11.4 Å². The number of hydrogen-bond donors (Lipinski definition) is 2. The van der Waals surface area contributed by atoms with Gasteiger partial charge in [-0.05, 0) is 12.1 Å². The summed E-state index contributed by atoms with van der Waals surface area (Å²) in [6.07, 6.45) is -6.11. The van der Waals surface area contributed by atoms with Crippen molar-refractivity contribution in [1.29, 1.82) is 0 Å². The molecule has 0 heterocycles. The first-order chi connectivity index (χ1) is 8.69. The van der Waals surface area contributed by atoms with Gasteiger partial charge < -0.3 is 9.84 Å². The number of benzene rings is 1. The van der Waals surface area contributed by atoms with Gasteiger partial charge in [0.25, 0.3) is 5.69 Å². The standard InChI is InChI=1S/C9H7F3N2O5/c10-9(11,12)4-19-5-1-2-6(13-8(15)16)7(3-5)14(17)18/h1-3,13H,4H2,(H,15,16). The highest BCUT2D eigenvalue weighted by Crippen LogP contribution is 2.29. The van der Waals surface area contributed by atoms with Crippen molar-refractivity contribution in [2.45, 2.75) is 6.18 Å². The number of nitrogens with zero attached hydrogens (tertiary/aromatic N) is 1. The second-order valence-corrected chi connectivity index (χ2v) is 3.27. The minimum absolute atomic E-state index is 0.364. The van der Waals surface area contributed by atoms with Crippen molar-refractivity contribution in [2.75, 3.05) is 11.9 Å². The lowest BCUT2D eigenvalue weighted by Gasteiger charge is -2.10. The molecule has 1 aromatic carbocycles. The maximum Gasteiger partial charge on any atom is 0.422 e. The Morgan fingerprint density at radius 2 is 2.11 bits per heavy atom. The van der Waals surface area contributed by atoms with E-state index in [1.807, 2.05) is 0 Å². The van der Waals surface area contributed by atoms with Crippen molar-refractivity contribution >= 4 is 17.5 Å². The molecule has 1 aromatic rings. The van der Waals surface area contributed by atoms with Gasteiger partial charge in [0.15, 0.2) is 6.61 Å². The van der Waals surface area contributed by atoms with E-state index in [0.29, 0.717) is 6.07 Å². The zero-order chi connectivity index (χ0) is 14.6. The van der Waals surface area contributed by atoms with E-state index in [2.05, 4.69) is 4.74 Å². The highest BCUT2D eigenvalue weighted by Gasteiger charge is 2.29. The first kappa shape index (κ1) is 14.5. The van der Waals surface area contributed by atoms with Gasteiger partial charge in [0.1, 0.15) is 11.4 Å². The molecule has 0 atom stereocenters. The number of hydrogen-bond acceptors (Lipinski definition) is 4. The van der Waals surface area contributed by atoms with Crippen LogP contribution in [-0.4, -0.2) is 28.9 Å². The molecule has 0 spiro atoms. The van der Waals surface area contributed by atoms with Gasteiger partial charge in [-0.3, -0.25) is 15.4 Å². The topological polar surface area (TPSA) is 102 Å². The van der Waals surface area contributed by atoms with E-state index in [0.717, 1.165) is 12.1 Å². The summed E-state index contributed by atoms with van der Waals surface area (Å²) in [7, 11) is 0. The number of rotatable bonds is 4. The minimum Gasteiger partial charge on any atom is -0.484 e. The third kappa shape index (κ3) is 4.69. The molecule has 0 saturated carbocycles. The van der Waals surface area contributed by atoms with Gasteiger partial charge in [0.05, 0.1) is 11.0 Å². The number of ether oxygens (including phenoxy) is 1. The monoisotopic (exact) mass is 280 g/mol. The molecule has 0 bridgehead atoms. The third-order valence-corrected chi connectivity index (χ3v) is 1.81. The number of anilines is 1. The summed E-state index contributed by atoms with van der Waals surface area (Å²) < 4.78 is 40.0. The SMILES string of the molecule is O=C(O)Nc1ccc(OCC(F)(F)F)cc1[N+](=O)[O-]. The zero-order valence-electron chi connectivity index (χ0n) is 9.10. The first-order valence-electron chi connectivity index (χ1n) is 4.67. The molecule has 0 fully saturated rings. The lowest BCUT2D eigenvalue weighted by atomic mass is 10.2. The number of nitrogens with one attached hydrogen (secondary N) is 1. The van der Waals surface area contributed by atoms with Crippen LogP contribution in [0.15, 0.2) is 18.2 Å². The predicted octanol–water partition coefficient (Wildman–Crippen LogP) is 2.63. The van der Waals surface area contributed by atoms with Crippen LogP contribution in [0.5, 0.6) is 5.75 Å². The molecule has 0 aliphatic rings. The van der Waals surface area contributed by atoms with Gasteiger partial charge in [0, 0.05) is 0 Å². The van der Waals surface area contributed by atoms with Gasteiger partial charge in [-0.2, -0.15) is 13.2 Å².